The number of nitrogens with one attached hydrogen (secondary N) is 1. The molecule has 2 aromatic carbocycles. The predicted octanol–water partition coefficient (Wildman–Crippen LogP) is 1.89. The van der Waals surface area contributed by atoms with Crippen LogP contribution in [-0.4, -0.2) is 65.3 Å². The van der Waals surface area contributed by atoms with Gasteiger partial charge in [-0.25, -0.2) is 4.79 Å². The van der Waals surface area contributed by atoms with Crippen LogP contribution in [0.5, 0.6) is 0 Å². The molecule has 11 nitrogen and oxygen atoms in total. The lowest BCUT2D eigenvalue weighted by molar-refractivity contribution is -0.180. The number of rotatable bonds is 9. The Labute approximate surface area is 237 Å². The maximum absolute atomic E-state index is 13.4. The Morgan fingerprint density at radius 2 is 1.51 bits per heavy atom. The van der Waals surface area contributed by atoms with E-state index in [1.54, 1.807) is 75.4 Å². The number of carbonyl (C=O) groups excluding carboxylic acids is 6. The van der Waals surface area contributed by atoms with Gasteiger partial charge in [0.2, 0.25) is 18.6 Å². The number of hydrogen-bond donors (Lipinski definition) is 1. The molecule has 2 heterocycles. The lowest BCUT2D eigenvalue weighted by atomic mass is 9.91. The van der Waals surface area contributed by atoms with Crippen LogP contribution in [0.1, 0.15) is 44.7 Å². The zero-order valence-electron chi connectivity index (χ0n) is 23.2. The third-order valence-electron chi connectivity index (χ3n) is 7.05. The number of ketones is 1. The van der Waals surface area contributed by atoms with Crippen LogP contribution in [-0.2, 0) is 49.6 Å². The summed E-state index contributed by atoms with van der Waals surface area (Å²) in [5, 5.41) is 2.53. The van der Waals surface area contributed by atoms with Gasteiger partial charge in [0.25, 0.3) is 0 Å². The Bertz CT molecular complexity index is 1340. The van der Waals surface area contributed by atoms with Gasteiger partial charge in [-0.3, -0.25) is 24.0 Å². The predicted molar refractivity (Wildman–Crippen MR) is 142 cm³/mol. The normalized spacial score (nSPS) is 22.2. The minimum atomic E-state index is -1.39. The molecule has 2 aromatic rings. The molecule has 0 bridgehead atoms. The van der Waals surface area contributed by atoms with Gasteiger partial charge >= 0.3 is 17.9 Å². The molecule has 1 N–H and O–H groups in total. The highest BCUT2D eigenvalue weighted by atomic mass is 16.7. The molecular weight excluding hydrogens is 532 g/mol. The van der Waals surface area contributed by atoms with Crippen molar-refractivity contribution in [1.82, 2.24) is 10.2 Å². The van der Waals surface area contributed by atoms with Gasteiger partial charge in [-0.2, -0.15) is 0 Å². The molecule has 41 heavy (non-hydrogen) atoms. The largest absolute Gasteiger partial charge is 0.460 e. The van der Waals surface area contributed by atoms with Gasteiger partial charge in [-0.05, 0) is 31.9 Å². The van der Waals surface area contributed by atoms with Crippen molar-refractivity contribution < 1.29 is 43.0 Å². The van der Waals surface area contributed by atoms with Gasteiger partial charge in [-0.15, -0.1) is 0 Å². The Kier molecular flexibility index (Phi) is 8.55. The second-order valence-corrected chi connectivity index (χ2v) is 11.0. The molecule has 11 heteroatoms. The fourth-order valence-electron chi connectivity index (χ4n) is 4.78. The molecular formula is C30H32N2O9. The summed E-state index contributed by atoms with van der Waals surface area (Å²) >= 11 is 0. The van der Waals surface area contributed by atoms with Crippen molar-refractivity contribution in [3.63, 3.8) is 0 Å². The number of benzene rings is 2. The summed E-state index contributed by atoms with van der Waals surface area (Å²) in [5.41, 5.74) is 0.275. The lowest BCUT2D eigenvalue weighted by Gasteiger charge is -2.43. The van der Waals surface area contributed by atoms with E-state index >= 15 is 0 Å². The van der Waals surface area contributed by atoms with Crippen LogP contribution < -0.4 is 5.32 Å². The van der Waals surface area contributed by atoms with Gasteiger partial charge < -0.3 is 24.4 Å². The van der Waals surface area contributed by atoms with Crippen molar-refractivity contribution in [1.29, 1.82) is 0 Å². The van der Waals surface area contributed by atoms with E-state index in [9.17, 15) is 28.8 Å². The summed E-state index contributed by atoms with van der Waals surface area (Å²) < 4.78 is 15.4. The Balaban J connectivity index is 1.43. The molecule has 0 spiro atoms. The molecule has 2 aliphatic heterocycles. The van der Waals surface area contributed by atoms with E-state index in [-0.39, 0.29) is 6.61 Å². The number of ether oxygens (including phenoxy) is 3. The third-order valence-corrected chi connectivity index (χ3v) is 7.05. The fraction of sp³-hybridized carbons (Fsp3) is 0.400. The molecule has 0 aromatic heterocycles. The van der Waals surface area contributed by atoms with E-state index < -0.39 is 77.7 Å². The molecule has 5 atom stereocenters. The molecule has 0 saturated carbocycles. The van der Waals surface area contributed by atoms with Crippen molar-refractivity contribution in [3.05, 3.63) is 71.8 Å². The molecule has 0 radical (unpaired) electrons. The zero-order valence-corrected chi connectivity index (χ0v) is 23.2. The topological polar surface area (TPSA) is 145 Å². The maximum atomic E-state index is 13.4. The highest BCUT2D eigenvalue weighted by Crippen LogP contribution is 2.37. The zero-order chi connectivity index (χ0) is 29.9. The number of nitrogens with zero attached hydrogens (tertiary/aromatic N) is 1. The number of fused-ring (bicyclic) bond motifs is 1. The molecule has 2 aliphatic rings. The van der Waals surface area contributed by atoms with Crippen LogP contribution in [0, 0.1) is 11.3 Å². The fourth-order valence-corrected chi connectivity index (χ4v) is 4.78. The van der Waals surface area contributed by atoms with Crippen LogP contribution in [0.4, 0.5) is 0 Å². The monoisotopic (exact) mass is 564 g/mol. The van der Waals surface area contributed by atoms with Crippen molar-refractivity contribution in [2.45, 2.75) is 58.3 Å². The van der Waals surface area contributed by atoms with Crippen LogP contribution in [0.3, 0.4) is 0 Å². The van der Waals surface area contributed by atoms with Crippen molar-refractivity contribution in [2.24, 2.45) is 11.3 Å². The van der Waals surface area contributed by atoms with E-state index in [4.69, 9.17) is 14.2 Å². The Morgan fingerprint density at radius 1 is 0.902 bits per heavy atom. The molecule has 2 amide bonds. The molecule has 216 valence electrons. The van der Waals surface area contributed by atoms with Crippen molar-refractivity contribution >= 4 is 35.5 Å². The van der Waals surface area contributed by atoms with Crippen LogP contribution in [0.15, 0.2) is 60.7 Å². The highest BCUT2D eigenvalue weighted by molar-refractivity contribution is 6.13. The summed E-state index contributed by atoms with van der Waals surface area (Å²) in [6.45, 7) is 5.67. The van der Waals surface area contributed by atoms with Crippen LogP contribution >= 0.6 is 0 Å². The van der Waals surface area contributed by atoms with E-state index in [0.29, 0.717) is 5.56 Å². The van der Waals surface area contributed by atoms with Crippen LogP contribution in [0.25, 0.3) is 0 Å². The van der Waals surface area contributed by atoms with Crippen molar-refractivity contribution in [3.8, 4) is 0 Å². The summed E-state index contributed by atoms with van der Waals surface area (Å²) in [5.74, 6) is -6.54. The van der Waals surface area contributed by atoms with E-state index in [1.807, 2.05) is 6.07 Å². The highest BCUT2D eigenvalue weighted by Gasteiger charge is 2.64. The first-order valence-electron chi connectivity index (χ1n) is 13.2. The summed E-state index contributed by atoms with van der Waals surface area (Å²) in [6.07, 6.45) is 0. The second kappa shape index (κ2) is 11.9. The van der Waals surface area contributed by atoms with Gasteiger partial charge in [0, 0.05) is 5.92 Å². The first-order chi connectivity index (χ1) is 19.4. The summed E-state index contributed by atoms with van der Waals surface area (Å²) in [4.78, 5) is 78.3. The number of Topliss-reactive ketones (excluding diaryl/α,β-unsaturated/α-hetero) is 1. The number of β-lactam (4-membered cyclic amide) rings is 1. The number of hydrogen-bond acceptors (Lipinski definition) is 9. The first kappa shape index (κ1) is 29.4. The minimum Gasteiger partial charge on any atom is -0.460 e. The second-order valence-electron chi connectivity index (χ2n) is 11.0. The minimum absolute atomic E-state index is 0.0556. The molecule has 4 rings (SSSR count). The number of amides is 2. The van der Waals surface area contributed by atoms with Gasteiger partial charge in [0.1, 0.15) is 24.7 Å². The first-order valence-corrected chi connectivity index (χ1v) is 13.2. The third kappa shape index (κ3) is 6.13. The molecule has 2 saturated heterocycles. The average Bonchev–Trinajstić information content (AvgIpc) is 3.18. The Hall–Kier alpha value is -4.54. The van der Waals surface area contributed by atoms with E-state index in [2.05, 4.69) is 5.32 Å². The van der Waals surface area contributed by atoms with Gasteiger partial charge in [0.05, 0.1) is 5.41 Å². The smallest absolute Gasteiger partial charge is 0.332 e. The summed E-state index contributed by atoms with van der Waals surface area (Å²) in [7, 11) is 0. The molecule has 0 aliphatic carbocycles. The Morgan fingerprint density at radius 3 is 2.12 bits per heavy atom. The number of esters is 3. The molecule has 2 fully saturated rings. The summed E-state index contributed by atoms with van der Waals surface area (Å²) in [6, 6.07) is 13.6. The van der Waals surface area contributed by atoms with Crippen molar-refractivity contribution in [2.75, 3.05) is 6.79 Å². The SMILES string of the molecule is CC1C(=O)[C@@H]2C(NC(=O)C(C(=O)OCc3ccccc3)c3ccccc3)C(=O)N2C1C(=O)OCOC(=O)C(C)(C)C. The number of carbonyl (C=O) groups is 6. The molecule has 4 unspecified atom stereocenters. The quantitative estimate of drug-likeness (QED) is 0.209. The van der Waals surface area contributed by atoms with E-state index in [0.717, 1.165) is 10.5 Å². The van der Waals surface area contributed by atoms with Gasteiger partial charge in [0.15, 0.2) is 11.7 Å². The maximum Gasteiger partial charge on any atom is 0.332 e. The van der Waals surface area contributed by atoms with Gasteiger partial charge in [-0.1, -0.05) is 67.6 Å². The standard InChI is InChI=1S/C30H32N2O9/c1-17-22(28(37)40-16-41-29(38)30(2,3)4)32-23(24(17)33)21(26(32)35)31-25(34)20(19-13-9-6-10-14-19)27(36)39-15-18-11-7-5-8-12-18/h5-14,17,20-23H,15-16H2,1-4H3,(H,31,34)/t17?,20?,21?,22?,23-/m0/s1. The average molecular weight is 565 g/mol. The van der Waals surface area contributed by atoms with E-state index in [1.165, 1.54) is 6.92 Å². The lowest BCUT2D eigenvalue weighted by Crippen LogP contribution is -2.72. The van der Waals surface area contributed by atoms with Crippen LogP contribution in [0.2, 0.25) is 0 Å².